The Hall–Kier alpha value is -0.650. The third-order valence-electron chi connectivity index (χ3n) is 5.11. The van der Waals surface area contributed by atoms with Crippen LogP contribution in [0.5, 0.6) is 0 Å². The van der Waals surface area contributed by atoms with E-state index in [1.807, 2.05) is 18.2 Å². The Labute approximate surface area is 203 Å². The third kappa shape index (κ3) is 9.65. The molecule has 0 aromatic heterocycles. The first-order valence-electron chi connectivity index (χ1n) is 10.3. The van der Waals surface area contributed by atoms with E-state index in [1.165, 1.54) is 0 Å². The van der Waals surface area contributed by atoms with Gasteiger partial charge >= 0.3 is 0 Å². The monoisotopic (exact) mass is 553 g/mol. The van der Waals surface area contributed by atoms with Crippen LogP contribution in [-0.2, 0) is 9.47 Å². The lowest BCUT2D eigenvalue weighted by molar-refractivity contribution is 0.0170. The fraction of sp³-hybridized carbons (Fsp3) is 0.667. The Kier molecular flexibility index (Phi) is 14.6. The lowest BCUT2D eigenvalue weighted by Crippen LogP contribution is -2.47. The molecule has 0 radical (unpaired) electrons. The molecule has 1 unspecified atom stereocenters. The van der Waals surface area contributed by atoms with Gasteiger partial charge in [0.15, 0.2) is 5.96 Å². The van der Waals surface area contributed by atoms with E-state index in [9.17, 15) is 0 Å². The number of nitrogens with one attached hydrogen (secondary N) is 2. The quantitative estimate of drug-likeness (QED) is 0.190. The molecule has 1 heterocycles. The number of benzene rings is 1. The minimum atomic E-state index is 0. The van der Waals surface area contributed by atoms with Crippen molar-refractivity contribution in [3.63, 3.8) is 0 Å². The molecule has 1 aromatic carbocycles. The van der Waals surface area contributed by atoms with Gasteiger partial charge in [-0.1, -0.05) is 29.8 Å². The molecule has 7 nitrogen and oxygen atoms in total. The van der Waals surface area contributed by atoms with E-state index in [0.717, 1.165) is 82.1 Å². The predicted octanol–water partition coefficient (Wildman–Crippen LogP) is 2.46. The fourth-order valence-electron chi connectivity index (χ4n) is 3.44. The molecule has 30 heavy (non-hydrogen) atoms. The topological polar surface area (TPSA) is 61.4 Å². The van der Waals surface area contributed by atoms with Gasteiger partial charge < -0.3 is 25.0 Å². The van der Waals surface area contributed by atoms with Crippen molar-refractivity contribution >= 4 is 41.5 Å². The standard InChI is InChI=1S/C21H36ClN5O2.HI/c1-23-21(24-9-11-26(2)10-6-14-28-3)25-17-20(27-12-15-29-16-13-27)18-7-4-5-8-19(18)22;/h4-5,7-8,20H,6,9-17H2,1-3H3,(H2,23,24,25);1H. The summed E-state index contributed by atoms with van der Waals surface area (Å²) in [5.74, 6) is 0.806. The summed E-state index contributed by atoms with van der Waals surface area (Å²) < 4.78 is 10.6. The van der Waals surface area contributed by atoms with Crippen molar-refractivity contribution in [2.24, 2.45) is 4.99 Å². The highest BCUT2D eigenvalue weighted by Gasteiger charge is 2.24. The second kappa shape index (κ2) is 16.0. The maximum absolute atomic E-state index is 6.51. The number of nitrogens with zero attached hydrogens (tertiary/aromatic N) is 3. The smallest absolute Gasteiger partial charge is 0.191 e. The lowest BCUT2D eigenvalue weighted by Gasteiger charge is -2.35. The normalized spacial score (nSPS) is 16.2. The number of aliphatic imine (C=N–C) groups is 1. The molecule has 0 bridgehead atoms. The zero-order valence-corrected chi connectivity index (χ0v) is 21.5. The molecule has 0 amide bonds. The van der Waals surface area contributed by atoms with Crippen LogP contribution < -0.4 is 10.6 Å². The first-order valence-corrected chi connectivity index (χ1v) is 10.7. The molecule has 0 aliphatic carbocycles. The van der Waals surface area contributed by atoms with Crippen molar-refractivity contribution < 1.29 is 9.47 Å². The zero-order chi connectivity index (χ0) is 20.9. The molecular weight excluding hydrogens is 517 g/mol. The molecule has 172 valence electrons. The van der Waals surface area contributed by atoms with Crippen LogP contribution in [0.1, 0.15) is 18.0 Å². The average Bonchev–Trinajstić information content (AvgIpc) is 2.74. The van der Waals surface area contributed by atoms with Crippen molar-refractivity contribution in [3.05, 3.63) is 34.9 Å². The molecule has 1 atom stereocenters. The minimum Gasteiger partial charge on any atom is -0.385 e. The van der Waals surface area contributed by atoms with Crippen molar-refractivity contribution in [1.82, 2.24) is 20.4 Å². The van der Waals surface area contributed by atoms with Crippen LogP contribution in [0.2, 0.25) is 5.02 Å². The highest BCUT2D eigenvalue weighted by atomic mass is 127. The number of hydrogen-bond acceptors (Lipinski definition) is 5. The maximum atomic E-state index is 6.51. The van der Waals surface area contributed by atoms with Gasteiger partial charge in [0.1, 0.15) is 0 Å². The van der Waals surface area contributed by atoms with Gasteiger partial charge in [0.25, 0.3) is 0 Å². The second-order valence-electron chi connectivity index (χ2n) is 7.22. The molecule has 0 saturated carbocycles. The van der Waals surface area contributed by atoms with Crippen LogP contribution in [0.25, 0.3) is 0 Å². The molecular formula is C21H37ClIN5O2. The highest BCUT2D eigenvalue weighted by Crippen LogP contribution is 2.27. The van der Waals surface area contributed by atoms with Crippen LogP contribution in [-0.4, -0.2) is 96.1 Å². The first-order chi connectivity index (χ1) is 14.2. The molecule has 1 aliphatic rings. The maximum Gasteiger partial charge on any atom is 0.191 e. The van der Waals surface area contributed by atoms with Crippen molar-refractivity contribution in [3.8, 4) is 0 Å². The van der Waals surface area contributed by atoms with Gasteiger partial charge in [0.05, 0.1) is 19.3 Å². The lowest BCUT2D eigenvalue weighted by atomic mass is 10.0. The van der Waals surface area contributed by atoms with Crippen LogP contribution in [0, 0.1) is 0 Å². The van der Waals surface area contributed by atoms with Crippen molar-refractivity contribution in [2.45, 2.75) is 12.5 Å². The van der Waals surface area contributed by atoms with Crippen LogP contribution >= 0.6 is 35.6 Å². The first kappa shape index (κ1) is 27.4. The summed E-state index contributed by atoms with van der Waals surface area (Å²) >= 11 is 6.51. The van der Waals surface area contributed by atoms with Gasteiger partial charge in [-0.15, -0.1) is 24.0 Å². The number of methoxy groups -OCH3 is 1. The minimum absolute atomic E-state index is 0. The summed E-state index contributed by atoms with van der Waals surface area (Å²) in [5, 5.41) is 7.68. The largest absolute Gasteiger partial charge is 0.385 e. The second-order valence-corrected chi connectivity index (χ2v) is 7.62. The number of morpholine rings is 1. The summed E-state index contributed by atoms with van der Waals surface area (Å²) in [6.45, 7) is 7.63. The van der Waals surface area contributed by atoms with Crippen LogP contribution in [0.3, 0.4) is 0 Å². The van der Waals surface area contributed by atoms with E-state index in [4.69, 9.17) is 21.1 Å². The summed E-state index contributed by atoms with van der Waals surface area (Å²) in [4.78, 5) is 9.09. The summed E-state index contributed by atoms with van der Waals surface area (Å²) in [6, 6.07) is 8.25. The number of hydrogen-bond donors (Lipinski definition) is 2. The number of ether oxygens (including phenoxy) is 2. The van der Waals surface area contributed by atoms with E-state index in [0.29, 0.717) is 0 Å². The Balaban J connectivity index is 0.00000450. The number of likely N-dealkylation sites (N-methyl/N-ethyl adjacent to an activating group) is 1. The van der Waals surface area contributed by atoms with Gasteiger partial charge in [-0.2, -0.15) is 0 Å². The van der Waals surface area contributed by atoms with Gasteiger partial charge in [-0.05, 0) is 25.1 Å². The summed E-state index contributed by atoms with van der Waals surface area (Å²) in [6.07, 6.45) is 1.04. The predicted molar refractivity (Wildman–Crippen MR) is 135 cm³/mol. The molecule has 1 aliphatic heterocycles. The Morgan fingerprint density at radius 2 is 2.00 bits per heavy atom. The third-order valence-corrected chi connectivity index (χ3v) is 5.46. The van der Waals surface area contributed by atoms with E-state index in [1.54, 1.807) is 14.2 Å². The van der Waals surface area contributed by atoms with E-state index in [2.05, 4.69) is 38.5 Å². The molecule has 1 fully saturated rings. The van der Waals surface area contributed by atoms with Gasteiger partial charge in [0, 0.05) is 65.1 Å². The van der Waals surface area contributed by atoms with E-state index in [-0.39, 0.29) is 30.0 Å². The number of rotatable bonds is 11. The Bertz CT molecular complexity index is 617. The molecule has 1 saturated heterocycles. The molecule has 2 rings (SSSR count). The van der Waals surface area contributed by atoms with Crippen LogP contribution in [0.15, 0.2) is 29.3 Å². The van der Waals surface area contributed by atoms with Crippen molar-refractivity contribution in [2.75, 3.05) is 80.3 Å². The van der Waals surface area contributed by atoms with E-state index < -0.39 is 0 Å². The fourth-order valence-corrected chi connectivity index (χ4v) is 3.70. The highest BCUT2D eigenvalue weighted by molar-refractivity contribution is 14.0. The Morgan fingerprint density at radius 1 is 1.27 bits per heavy atom. The van der Waals surface area contributed by atoms with Gasteiger partial charge in [-0.3, -0.25) is 9.89 Å². The molecule has 2 N–H and O–H groups in total. The molecule has 1 aromatic rings. The molecule has 0 spiro atoms. The van der Waals surface area contributed by atoms with Gasteiger partial charge in [-0.25, -0.2) is 0 Å². The average molecular weight is 554 g/mol. The summed E-state index contributed by atoms with van der Waals surface area (Å²) in [7, 11) is 5.67. The summed E-state index contributed by atoms with van der Waals surface area (Å²) in [5.41, 5.74) is 1.14. The number of guanidine groups is 1. The van der Waals surface area contributed by atoms with Crippen LogP contribution in [0.4, 0.5) is 0 Å². The number of halogens is 2. The SMILES string of the molecule is CN=C(NCCN(C)CCCOC)NCC(c1ccccc1Cl)N1CCOCC1.I. The van der Waals surface area contributed by atoms with E-state index >= 15 is 0 Å². The van der Waals surface area contributed by atoms with Crippen molar-refractivity contribution in [1.29, 1.82) is 0 Å². The zero-order valence-electron chi connectivity index (χ0n) is 18.4. The Morgan fingerprint density at radius 3 is 2.67 bits per heavy atom. The van der Waals surface area contributed by atoms with Gasteiger partial charge in [0.2, 0.25) is 0 Å². The molecule has 9 heteroatoms.